The molecule has 0 radical (unpaired) electrons. The Morgan fingerprint density at radius 3 is 2.40 bits per heavy atom. The van der Waals surface area contributed by atoms with E-state index in [2.05, 4.69) is 0 Å². The number of piperidine rings is 1. The third-order valence-corrected chi connectivity index (χ3v) is 8.13. The molecule has 40 heavy (non-hydrogen) atoms. The number of halogens is 2. The summed E-state index contributed by atoms with van der Waals surface area (Å²) in [5, 5.41) is 2.66. The van der Waals surface area contributed by atoms with Crippen LogP contribution in [0.25, 0.3) is 10.8 Å². The molecule has 3 aromatic carbocycles. The summed E-state index contributed by atoms with van der Waals surface area (Å²) in [5.74, 6) is -0.401. The van der Waals surface area contributed by atoms with Crippen molar-refractivity contribution in [1.82, 2.24) is 9.80 Å². The highest BCUT2D eigenvalue weighted by Crippen LogP contribution is 2.42. The van der Waals surface area contributed by atoms with Gasteiger partial charge in [-0.25, -0.2) is 9.18 Å². The monoisotopic (exact) mass is 568 g/mol. The van der Waals surface area contributed by atoms with Gasteiger partial charge >= 0.3 is 6.09 Å². The summed E-state index contributed by atoms with van der Waals surface area (Å²) in [6, 6.07) is 16.4. The maximum atomic E-state index is 14.9. The molecular formula is C32H38ClFN2O4. The van der Waals surface area contributed by atoms with E-state index in [9.17, 15) is 14.0 Å². The van der Waals surface area contributed by atoms with Crippen LogP contribution >= 0.6 is 11.6 Å². The van der Waals surface area contributed by atoms with Crippen LogP contribution in [0.5, 0.6) is 5.75 Å². The summed E-state index contributed by atoms with van der Waals surface area (Å²) in [6.07, 6.45) is 0.769. The maximum absolute atomic E-state index is 14.9. The molecule has 0 N–H and O–H groups in total. The fourth-order valence-electron chi connectivity index (χ4n) is 5.49. The van der Waals surface area contributed by atoms with E-state index in [1.807, 2.05) is 70.2 Å². The molecule has 1 heterocycles. The van der Waals surface area contributed by atoms with E-state index in [0.29, 0.717) is 31.0 Å². The molecule has 1 atom stereocenters. The van der Waals surface area contributed by atoms with Gasteiger partial charge in [0.15, 0.2) is 11.6 Å². The van der Waals surface area contributed by atoms with Crippen LogP contribution in [0.3, 0.4) is 0 Å². The molecule has 3 aromatic rings. The molecule has 0 aromatic heterocycles. The number of amides is 2. The zero-order chi connectivity index (χ0) is 29.2. The van der Waals surface area contributed by atoms with Crippen molar-refractivity contribution in [3.63, 3.8) is 0 Å². The van der Waals surface area contributed by atoms with Crippen molar-refractivity contribution in [3.8, 4) is 5.75 Å². The second-order valence-electron chi connectivity index (χ2n) is 11.7. The van der Waals surface area contributed by atoms with Gasteiger partial charge in [-0.1, -0.05) is 41.9 Å². The molecule has 214 valence electrons. The van der Waals surface area contributed by atoms with Gasteiger partial charge in [0, 0.05) is 37.0 Å². The van der Waals surface area contributed by atoms with Gasteiger partial charge in [-0.3, -0.25) is 4.79 Å². The minimum absolute atomic E-state index is 0.0708. The first-order chi connectivity index (χ1) is 18.8. The quantitative estimate of drug-likeness (QED) is 0.308. The number of carbonyl (C=O) groups is 2. The molecule has 1 fully saturated rings. The number of hydrogen-bond acceptors (Lipinski definition) is 4. The summed E-state index contributed by atoms with van der Waals surface area (Å²) < 4.78 is 25.6. The third-order valence-electron chi connectivity index (χ3n) is 7.91. The smallest absolute Gasteiger partial charge is 0.410 e. The number of hydrogen-bond donors (Lipinski definition) is 0. The van der Waals surface area contributed by atoms with Crippen LogP contribution in [0.1, 0.15) is 64.1 Å². The van der Waals surface area contributed by atoms with Crippen LogP contribution in [0.2, 0.25) is 5.02 Å². The van der Waals surface area contributed by atoms with Gasteiger partial charge in [0.1, 0.15) is 5.60 Å². The average Bonchev–Trinajstić information content (AvgIpc) is 2.91. The Hall–Kier alpha value is -3.32. The summed E-state index contributed by atoms with van der Waals surface area (Å²) in [5.41, 5.74) is 0.414. The van der Waals surface area contributed by atoms with Gasteiger partial charge in [0.2, 0.25) is 5.91 Å². The van der Waals surface area contributed by atoms with Crippen LogP contribution in [-0.4, -0.2) is 54.6 Å². The minimum atomic E-state index is -0.660. The van der Waals surface area contributed by atoms with Crippen LogP contribution in [-0.2, 0) is 14.9 Å². The number of methoxy groups -OCH3 is 1. The molecule has 8 heteroatoms. The van der Waals surface area contributed by atoms with E-state index in [4.69, 9.17) is 21.1 Å². The van der Waals surface area contributed by atoms with E-state index < -0.39 is 16.8 Å². The Kier molecular flexibility index (Phi) is 8.64. The van der Waals surface area contributed by atoms with Crippen LogP contribution in [0.4, 0.5) is 9.18 Å². The van der Waals surface area contributed by atoms with E-state index in [1.54, 1.807) is 22.9 Å². The van der Waals surface area contributed by atoms with Crippen molar-refractivity contribution in [2.24, 2.45) is 0 Å². The lowest BCUT2D eigenvalue weighted by atomic mass is 9.70. The lowest BCUT2D eigenvalue weighted by Gasteiger charge is -2.43. The maximum Gasteiger partial charge on any atom is 0.410 e. The van der Waals surface area contributed by atoms with Gasteiger partial charge in [0.25, 0.3) is 0 Å². The summed E-state index contributed by atoms with van der Waals surface area (Å²) in [6.45, 7) is 8.27. The number of nitrogens with zero attached hydrogens (tertiary/aromatic N) is 2. The SMILES string of the molecule is COc1ccc(C2(CC(=O)N(C)C(C)c3cc(Cl)cc4ccccc34)CCN(C(=O)OC(C)(C)C)CC2)cc1F. The zero-order valence-electron chi connectivity index (χ0n) is 24.1. The van der Waals surface area contributed by atoms with Gasteiger partial charge in [-0.05, 0) is 86.7 Å². The Morgan fingerprint density at radius 1 is 1.10 bits per heavy atom. The van der Waals surface area contributed by atoms with Crippen molar-refractivity contribution >= 4 is 34.4 Å². The number of ether oxygens (including phenoxy) is 2. The fourth-order valence-corrected chi connectivity index (χ4v) is 5.73. The normalized spacial score (nSPS) is 15.9. The van der Waals surface area contributed by atoms with Gasteiger partial charge in [-0.2, -0.15) is 0 Å². The Balaban J connectivity index is 1.62. The molecule has 1 aliphatic rings. The molecular weight excluding hydrogens is 531 g/mol. The first-order valence-electron chi connectivity index (χ1n) is 13.6. The summed E-state index contributed by atoms with van der Waals surface area (Å²) in [4.78, 5) is 30.1. The van der Waals surface area contributed by atoms with Crippen molar-refractivity contribution in [2.75, 3.05) is 27.2 Å². The molecule has 1 aliphatic heterocycles. The number of rotatable bonds is 6. The lowest BCUT2D eigenvalue weighted by Crippen LogP contribution is -2.48. The Bertz CT molecular complexity index is 1400. The van der Waals surface area contributed by atoms with Gasteiger partial charge < -0.3 is 19.3 Å². The first kappa shape index (κ1) is 29.7. The van der Waals surface area contributed by atoms with Crippen molar-refractivity contribution in [1.29, 1.82) is 0 Å². The fraction of sp³-hybridized carbons (Fsp3) is 0.438. The van der Waals surface area contributed by atoms with Crippen LogP contribution in [0, 0.1) is 5.82 Å². The molecule has 4 rings (SSSR count). The van der Waals surface area contributed by atoms with Crippen molar-refractivity contribution in [3.05, 3.63) is 76.6 Å². The number of carbonyl (C=O) groups excluding carboxylic acids is 2. The Labute approximate surface area is 241 Å². The molecule has 1 unspecified atom stereocenters. The zero-order valence-corrected chi connectivity index (χ0v) is 24.8. The lowest BCUT2D eigenvalue weighted by molar-refractivity contribution is -0.133. The van der Waals surface area contributed by atoms with Crippen LogP contribution < -0.4 is 4.74 Å². The summed E-state index contributed by atoms with van der Waals surface area (Å²) >= 11 is 6.44. The van der Waals surface area contributed by atoms with E-state index >= 15 is 0 Å². The van der Waals surface area contributed by atoms with E-state index in [1.165, 1.54) is 13.2 Å². The topological polar surface area (TPSA) is 59.1 Å². The molecule has 1 saturated heterocycles. The van der Waals surface area contributed by atoms with Crippen molar-refractivity contribution in [2.45, 2.75) is 64.0 Å². The largest absolute Gasteiger partial charge is 0.494 e. The highest BCUT2D eigenvalue weighted by atomic mass is 35.5. The first-order valence-corrected chi connectivity index (χ1v) is 14.0. The summed E-state index contributed by atoms with van der Waals surface area (Å²) in [7, 11) is 3.22. The van der Waals surface area contributed by atoms with Crippen molar-refractivity contribution < 1.29 is 23.5 Å². The molecule has 0 spiro atoms. The molecule has 6 nitrogen and oxygen atoms in total. The van der Waals surface area contributed by atoms with E-state index in [0.717, 1.165) is 21.9 Å². The predicted octanol–water partition coefficient (Wildman–Crippen LogP) is 7.52. The van der Waals surface area contributed by atoms with Gasteiger partial charge in [-0.15, -0.1) is 0 Å². The molecule has 0 bridgehead atoms. The third kappa shape index (κ3) is 6.35. The number of benzene rings is 3. The number of fused-ring (bicyclic) bond motifs is 1. The molecule has 0 aliphatic carbocycles. The van der Waals surface area contributed by atoms with Crippen LogP contribution in [0.15, 0.2) is 54.6 Å². The van der Waals surface area contributed by atoms with Gasteiger partial charge in [0.05, 0.1) is 13.2 Å². The second-order valence-corrected chi connectivity index (χ2v) is 12.1. The average molecular weight is 569 g/mol. The highest BCUT2D eigenvalue weighted by molar-refractivity contribution is 6.31. The molecule has 2 amide bonds. The Morgan fingerprint density at radius 2 is 1.77 bits per heavy atom. The van der Waals surface area contributed by atoms with E-state index in [-0.39, 0.29) is 30.2 Å². The standard InChI is InChI=1S/C32H38ClFN2O4/c1-21(26-19-24(33)17-22-9-7-8-10-25(22)26)35(5)29(37)20-32(23-11-12-28(39-6)27(34)18-23)13-15-36(16-14-32)30(38)40-31(2,3)4/h7-12,17-19,21H,13-16,20H2,1-6H3. The number of likely N-dealkylation sites (tertiary alicyclic amines) is 1. The highest BCUT2D eigenvalue weighted by Gasteiger charge is 2.41. The molecule has 0 saturated carbocycles. The minimum Gasteiger partial charge on any atom is -0.494 e. The second kappa shape index (κ2) is 11.7. The predicted molar refractivity (Wildman–Crippen MR) is 156 cm³/mol.